The minimum Gasteiger partial charge on any atom is -0.0729 e. The molecule has 1 aliphatic rings. The number of rotatable bonds is 4. The molecule has 0 spiro atoms. The molecule has 0 N–H and O–H groups in total. The summed E-state index contributed by atoms with van der Waals surface area (Å²) in [4.78, 5) is 0. The number of hydrogen-bond acceptors (Lipinski definition) is 0. The van der Waals surface area contributed by atoms with E-state index in [9.17, 15) is 0 Å². The summed E-state index contributed by atoms with van der Waals surface area (Å²) in [5, 5.41) is 0. The van der Waals surface area contributed by atoms with Gasteiger partial charge in [-0.05, 0) is 86.8 Å². The molecule has 3 rings (SSSR count). The van der Waals surface area contributed by atoms with Crippen LogP contribution in [0.3, 0.4) is 0 Å². The number of benzene rings is 2. The van der Waals surface area contributed by atoms with E-state index in [4.69, 9.17) is 0 Å². The molecule has 0 saturated carbocycles. The average molecular weight is 421 g/mol. The van der Waals surface area contributed by atoms with Gasteiger partial charge in [-0.25, -0.2) is 0 Å². The predicted molar refractivity (Wildman–Crippen MR) is 139 cm³/mol. The lowest BCUT2D eigenvalue weighted by atomic mass is 9.82. The summed E-state index contributed by atoms with van der Waals surface area (Å²) in [6.45, 7) is 13.3. The Morgan fingerprint density at radius 2 is 1.09 bits per heavy atom. The van der Waals surface area contributed by atoms with Crippen molar-refractivity contribution in [2.45, 2.75) is 80.1 Å². The fourth-order valence-corrected chi connectivity index (χ4v) is 4.59. The van der Waals surface area contributed by atoms with E-state index < -0.39 is 0 Å². The first-order valence-electron chi connectivity index (χ1n) is 12.2. The Morgan fingerprint density at radius 1 is 0.594 bits per heavy atom. The van der Waals surface area contributed by atoms with Gasteiger partial charge in [0.2, 0.25) is 0 Å². The van der Waals surface area contributed by atoms with Crippen LogP contribution >= 0.6 is 0 Å². The fourth-order valence-electron chi connectivity index (χ4n) is 4.59. The SMILES string of the molecule is CCc1c(C#CC2=CC=C(C)CC2)c(CC)c(CC)c(C#Cc2ccc(C)cc2)c1CC. The highest BCUT2D eigenvalue weighted by atomic mass is 14.2. The summed E-state index contributed by atoms with van der Waals surface area (Å²) >= 11 is 0. The highest BCUT2D eigenvalue weighted by molar-refractivity contribution is 5.64. The molecule has 2 aromatic carbocycles. The Balaban J connectivity index is 2.20. The smallest absolute Gasteiger partial charge is 0.0319 e. The minimum atomic E-state index is 0.984. The molecule has 1 aliphatic carbocycles. The molecule has 0 unspecified atom stereocenters. The molecule has 0 atom stereocenters. The van der Waals surface area contributed by atoms with Gasteiger partial charge in [0.25, 0.3) is 0 Å². The molecule has 0 heterocycles. The monoisotopic (exact) mass is 420 g/mol. The molecule has 0 heteroatoms. The molecule has 0 aromatic heterocycles. The summed E-state index contributed by atoms with van der Waals surface area (Å²) in [6, 6.07) is 8.51. The van der Waals surface area contributed by atoms with Crippen LogP contribution in [-0.4, -0.2) is 0 Å². The first-order chi connectivity index (χ1) is 15.5. The van der Waals surface area contributed by atoms with Gasteiger partial charge in [0.05, 0.1) is 0 Å². The third-order valence-electron chi connectivity index (χ3n) is 6.44. The summed E-state index contributed by atoms with van der Waals surface area (Å²) in [5.41, 5.74) is 13.1. The molecular formula is C32H36. The second-order valence-electron chi connectivity index (χ2n) is 8.65. The zero-order chi connectivity index (χ0) is 23.1. The van der Waals surface area contributed by atoms with Gasteiger partial charge in [-0.15, -0.1) is 0 Å². The van der Waals surface area contributed by atoms with E-state index in [1.807, 2.05) is 0 Å². The molecule has 0 radical (unpaired) electrons. The van der Waals surface area contributed by atoms with Gasteiger partial charge >= 0.3 is 0 Å². The molecule has 0 nitrogen and oxygen atoms in total. The highest BCUT2D eigenvalue weighted by Crippen LogP contribution is 2.30. The van der Waals surface area contributed by atoms with Crippen LogP contribution in [0.25, 0.3) is 0 Å². The fraction of sp³-hybridized carbons (Fsp3) is 0.375. The van der Waals surface area contributed by atoms with Gasteiger partial charge in [-0.1, -0.05) is 86.8 Å². The number of hydrogen-bond donors (Lipinski definition) is 0. The lowest BCUT2D eigenvalue weighted by Crippen LogP contribution is -2.09. The van der Waals surface area contributed by atoms with Crippen LogP contribution < -0.4 is 0 Å². The Bertz CT molecular complexity index is 1130. The van der Waals surface area contributed by atoms with Gasteiger partial charge in [0.15, 0.2) is 0 Å². The van der Waals surface area contributed by atoms with Crippen molar-refractivity contribution >= 4 is 0 Å². The molecule has 0 fully saturated rings. The summed E-state index contributed by atoms with van der Waals surface area (Å²) in [7, 11) is 0. The van der Waals surface area contributed by atoms with Crippen molar-refractivity contribution < 1.29 is 0 Å². The van der Waals surface area contributed by atoms with Gasteiger partial charge in [-0.2, -0.15) is 0 Å². The zero-order valence-electron chi connectivity index (χ0n) is 20.7. The van der Waals surface area contributed by atoms with Crippen molar-refractivity contribution in [3.8, 4) is 23.7 Å². The zero-order valence-corrected chi connectivity index (χ0v) is 20.7. The first-order valence-corrected chi connectivity index (χ1v) is 12.2. The molecular weight excluding hydrogens is 384 g/mol. The summed E-state index contributed by atoms with van der Waals surface area (Å²) in [5.74, 6) is 14.2. The lowest BCUT2D eigenvalue weighted by Gasteiger charge is -2.21. The standard InChI is InChI=1S/C32H36/c1-7-27-28(8-2)32(22-20-26-17-13-24(6)14-18-26)30(10-4)29(9-3)31(27)21-19-25-15-11-23(5)12-16-25/h11-13,15-17H,7-10,14,18H2,1-6H3. The minimum absolute atomic E-state index is 0.984. The van der Waals surface area contributed by atoms with E-state index >= 15 is 0 Å². The molecule has 2 aromatic rings. The third-order valence-corrected chi connectivity index (χ3v) is 6.44. The Hall–Kier alpha value is -2.96. The van der Waals surface area contributed by atoms with Gasteiger partial charge in [0.1, 0.15) is 0 Å². The molecule has 0 amide bonds. The van der Waals surface area contributed by atoms with Crippen LogP contribution in [0.15, 0.2) is 47.6 Å². The van der Waals surface area contributed by atoms with Crippen molar-refractivity contribution in [3.63, 3.8) is 0 Å². The molecule has 164 valence electrons. The van der Waals surface area contributed by atoms with E-state index in [-0.39, 0.29) is 0 Å². The van der Waals surface area contributed by atoms with Crippen LogP contribution in [0.4, 0.5) is 0 Å². The molecule has 32 heavy (non-hydrogen) atoms. The highest BCUT2D eigenvalue weighted by Gasteiger charge is 2.19. The largest absolute Gasteiger partial charge is 0.0729 e. The van der Waals surface area contributed by atoms with E-state index in [2.05, 4.69) is 102 Å². The van der Waals surface area contributed by atoms with Gasteiger partial charge in [-0.3, -0.25) is 0 Å². The maximum Gasteiger partial charge on any atom is 0.0319 e. The van der Waals surface area contributed by atoms with E-state index in [0.29, 0.717) is 0 Å². The van der Waals surface area contributed by atoms with E-state index in [1.54, 1.807) is 0 Å². The van der Waals surface area contributed by atoms with Crippen molar-refractivity contribution in [3.05, 3.63) is 92.1 Å². The van der Waals surface area contributed by atoms with E-state index in [1.165, 1.54) is 50.1 Å². The summed E-state index contributed by atoms with van der Waals surface area (Å²) in [6.07, 6.45) is 10.5. The molecule has 0 aliphatic heterocycles. The predicted octanol–water partition coefficient (Wildman–Crippen LogP) is 7.66. The Kier molecular flexibility index (Phi) is 8.20. The van der Waals surface area contributed by atoms with E-state index in [0.717, 1.165) is 44.1 Å². The first kappa shape index (κ1) is 23.7. The molecule has 0 bridgehead atoms. The maximum atomic E-state index is 3.63. The van der Waals surface area contributed by atoms with Crippen LogP contribution in [0.5, 0.6) is 0 Å². The third kappa shape index (κ3) is 5.26. The maximum absolute atomic E-state index is 3.63. The lowest BCUT2D eigenvalue weighted by molar-refractivity contribution is 0.933. The number of allylic oxidation sites excluding steroid dienone is 4. The van der Waals surface area contributed by atoms with Crippen LogP contribution in [0.1, 0.15) is 92.0 Å². The second-order valence-corrected chi connectivity index (χ2v) is 8.65. The summed E-state index contributed by atoms with van der Waals surface area (Å²) < 4.78 is 0. The van der Waals surface area contributed by atoms with Crippen LogP contribution in [0, 0.1) is 30.6 Å². The van der Waals surface area contributed by atoms with Crippen molar-refractivity contribution in [1.29, 1.82) is 0 Å². The van der Waals surface area contributed by atoms with Gasteiger partial charge in [0, 0.05) is 22.3 Å². The van der Waals surface area contributed by atoms with Crippen LogP contribution in [-0.2, 0) is 25.7 Å². The van der Waals surface area contributed by atoms with Crippen LogP contribution in [0.2, 0.25) is 0 Å². The van der Waals surface area contributed by atoms with Gasteiger partial charge < -0.3 is 0 Å². The van der Waals surface area contributed by atoms with Crippen molar-refractivity contribution in [2.75, 3.05) is 0 Å². The second kappa shape index (κ2) is 11.1. The number of aryl methyl sites for hydroxylation is 1. The Morgan fingerprint density at radius 3 is 1.53 bits per heavy atom. The molecule has 0 saturated heterocycles. The normalized spacial score (nSPS) is 12.8. The van der Waals surface area contributed by atoms with Crippen molar-refractivity contribution in [1.82, 2.24) is 0 Å². The van der Waals surface area contributed by atoms with Crippen molar-refractivity contribution in [2.24, 2.45) is 0 Å². The topological polar surface area (TPSA) is 0 Å². The quantitative estimate of drug-likeness (QED) is 0.445. The average Bonchev–Trinajstić information content (AvgIpc) is 2.82. The Labute approximate surface area is 195 Å².